The molecular weight excluding hydrogens is 203 g/mol. The Kier molecular flexibility index (Phi) is 3.38. The number of esters is 1. The Morgan fingerprint density at radius 2 is 2.13 bits per heavy atom. The van der Waals surface area contributed by atoms with E-state index in [9.17, 15) is 19.1 Å². The number of aromatic hydroxyl groups is 1. The van der Waals surface area contributed by atoms with Gasteiger partial charge in [-0.05, 0) is 12.1 Å². The highest BCUT2D eigenvalue weighted by atomic mass is 19.1. The first-order valence-corrected chi connectivity index (χ1v) is 4.13. The molecule has 0 radical (unpaired) electrons. The van der Waals surface area contributed by atoms with Crippen LogP contribution in [0.3, 0.4) is 0 Å². The monoisotopic (exact) mass is 212 g/mol. The van der Waals surface area contributed by atoms with E-state index in [4.69, 9.17) is 0 Å². The van der Waals surface area contributed by atoms with Crippen molar-refractivity contribution in [3.05, 3.63) is 29.6 Å². The molecule has 15 heavy (non-hydrogen) atoms. The van der Waals surface area contributed by atoms with Gasteiger partial charge in [0.1, 0.15) is 18.0 Å². The van der Waals surface area contributed by atoms with Gasteiger partial charge in [-0.15, -0.1) is 0 Å². The van der Waals surface area contributed by atoms with E-state index in [2.05, 4.69) is 4.74 Å². The molecule has 0 aromatic heterocycles. The third-order valence-electron chi connectivity index (χ3n) is 1.79. The molecule has 0 spiro atoms. The lowest BCUT2D eigenvalue weighted by atomic mass is 10.1. The Morgan fingerprint density at radius 3 is 2.67 bits per heavy atom. The number of rotatable bonds is 3. The first-order valence-electron chi connectivity index (χ1n) is 4.13. The number of phenols is 1. The van der Waals surface area contributed by atoms with Crippen LogP contribution in [0.4, 0.5) is 4.39 Å². The first-order chi connectivity index (χ1) is 7.04. The average molecular weight is 212 g/mol. The summed E-state index contributed by atoms with van der Waals surface area (Å²) >= 11 is 0. The van der Waals surface area contributed by atoms with Crippen LogP contribution in [0, 0.1) is 5.82 Å². The highest BCUT2D eigenvalue weighted by molar-refractivity contribution is 6.07. The predicted molar refractivity (Wildman–Crippen MR) is 49.0 cm³/mol. The summed E-state index contributed by atoms with van der Waals surface area (Å²) in [7, 11) is 1.15. The number of phenolic OH excluding ortho intramolecular Hbond substituents is 1. The van der Waals surface area contributed by atoms with Crippen LogP contribution in [-0.4, -0.2) is 24.0 Å². The van der Waals surface area contributed by atoms with E-state index >= 15 is 0 Å². The van der Waals surface area contributed by atoms with E-state index in [1.807, 2.05) is 0 Å². The predicted octanol–water partition coefficient (Wildman–Crippen LogP) is 1.28. The zero-order valence-electron chi connectivity index (χ0n) is 7.99. The lowest BCUT2D eigenvalue weighted by Crippen LogP contribution is -2.09. The van der Waals surface area contributed by atoms with E-state index in [0.29, 0.717) is 0 Å². The van der Waals surface area contributed by atoms with Crippen molar-refractivity contribution in [2.45, 2.75) is 6.42 Å². The second-order valence-corrected chi connectivity index (χ2v) is 2.84. The van der Waals surface area contributed by atoms with Crippen molar-refractivity contribution < 1.29 is 23.8 Å². The number of hydrogen-bond donors (Lipinski definition) is 1. The van der Waals surface area contributed by atoms with E-state index in [1.165, 1.54) is 0 Å². The summed E-state index contributed by atoms with van der Waals surface area (Å²) in [5, 5.41) is 9.23. The quantitative estimate of drug-likeness (QED) is 0.465. The van der Waals surface area contributed by atoms with Crippen LogP contribution in [0.15, 0.2) is 18.2 Å². The minimum atomic E-state index is -0.705. The van der Waals surface area contributed by atoms with Gasteiger partial charge in [-0.25, -0.2) is 4.39 Å². The topological polar surface area (TPSA) is 63.6 Å². The number of methoxy groups -OCH3 is 1. The van der Waals surface area contributed by atoms with Crippen LogP contribution >= 0.6 is 0 Å². The number of benzene rings is 1. The van der Waals surface area contributed by atoms with E-state index in [-0.39, 0.29) is 5.56 Å². The second-order valence-electron chi connectivity index (χ2n) is 2.84. The van der Waals surface area contributed by atoms with Gasteiger partial charge in [0.25, 0.3) is 0 Å². The largest absolute Gasteiger partial charge is 0.507 e. The molecule has 4 nitrogen and oxygen atoms in total. The van der Waals surface area contributed by atoms with Crippen LogP contribution < -0.4 is 0 Å². The van der Waals surface area contributed by atoms with Crippen molar-refractivity contribution in [2.75, 3.05) is 7.11 Å². The third kappa shape index (κ3) is 2.77. The van der Waals surface area contributed by atoms with Gasteiger partial charge in [0, 0.05) is 6.07 Å². The molecule has 80 valence electrons. The second kappa shape index (κ2) is 4.54. The number of halogens is 1. The summed E-state index contributed by atoms with van der Waals surface area (Å²) in [5.41, 5.74) is -0.0956. The molecule has 0 aliphatic carbocycles. The fourth-order valence-corrected chi connectivity index (χ4v) is 1.04. The minimum absolute atomic E-state index is 0.0956. The summed E-state index contributed by atoms with van der Waals surface area (Å²) in [4.78, 5) is 22.1. The van der Waals surface area contributed by atoms with Gasteiger partial charge in [-0.3, -0.25) is 9.59 Å². The van der Waals surface area contributed by atoms with Gasteiger partial charge in [0.2, 0.25) is 0 Å². The highest BCUT2D eigenvalue weighted by Gasteiger charge is 2.15. The summed E-state index contributed by atoms with van der Waals surface area (Å²) in [6.07, 6.45) is -0.476. The Balaban J connectivity index is 2.87. The molecule has 1 rings (SSSR count). The lowest BCUT2D eigenvalue weighted by molar-refractivity contribution is -0.139. The Labute approximate surface area is 85.3 Å². The van der Waals surface area contributed by atoms with Crippen LogP contribution in [0.2, 0.25) is 0 Å². The normalized spacial score (nSPS) is 9.73. The maximum absolute atomic E-state index is 12.6. The maximum atomic E-state index is 12.6. The van der Waals surface area contributed by atoms with Gasteiger partial charge in [-0.1, -0.05) is 0 Å². The molecule has 0 bridgehead atoms. The maximum Gasteiger partial charge on any atom is 0.313 e. The third-order valence-corrected chi connectivity index (χ3v) is 1.79. The van der Waals surface area contributed by atoms with Gasteiger partial charge in [0.15, 0.2) is 5.78 Å². The van der Waals surface area contributed by atoms with Crippen LogP contribution in [0.5, 0.6) is 5.75 Å². The fourth-order valence-electron chi connectivity index (χ4n) is 1.04. The standard InChI is InChI=1S/C10H9FO4/c1-15-10(14)5-9(13)7-3-2-6(11)4-8(7)12/h2-4,12H,5H2,1H3. The molecule has 5 heteroatoms. The molecule has 1 aromatic carbocycles. The molecule has 0 atom stereocenters. The summed E-state index contributed by atoms with van der Waals surface area (Å²) < 4.78 is 16.9. The van der Waals surface area contributed by atoms with Crippen molar-refractivity contribution in [2.24, 2.45) is 0 Å². The molecule has 0 unspecified atom stereocenters. The highest BCUT2D eigenvalue weighted by Crippen LogP contribution is 2.19. The van der Waals surface area contributed by atoms with Gasteiger partial charge >= 0.3 is 5.97 Å². The minimum Gasteiger partial charge on any atom is -0.507 e. The first kappa shape index (κ1) is 11.2. The number of hydrogen-bond acceptors (Lipinski definition) is 4. The Bertz CT molecular complexity index is 400. The van der Waals surface area contributed by atoms with E-state index in [0.717, 1.165) is 25.3 Å². The molecule has 0 saturated heterocycles. The van der Waals surface area contributed by atoms with Crippen LogP contribution in [-0.2, 0) is 9.53 Å². The van der Waals surface area contributed by atoms with Crippen LogP contribution in [0.1, 0.15) is 16.8 Å². The van der Waals surface area contributed by atoms with Crippen molar-refractivity contribution in [1.82, 2.24) is 0 Å². The number of ether oxygens (including phenoxy) is 1. The molecule has 0 amide bonds. The van der Waals surface area contributed by atoms with Crippen molar-refractivity contribution in [3.8, 4) is 5.75 Å². The number of ketones is 1. The number of Topliss-reactive ketones (excluding diaryl/α,β-unsaturated/α-hetero) is 1. The fraction of sp³-hybridized carbons (Fsp3) is 0.200. The van der Waals surface area contributed by atoms with Gasteiger partial charge in [-0.2, -0.15) is 0 Å². The SMILES string of the molecule is COC(=O)CC(=O)c1ccc(F)cc1O. The molecule has 0 aliphatic rings. The smallest absolute Gasteiger partial charge is 0.313 e. The molecule has 1 aromatic rings. The Hall–Kier alpha value is -1.91. The zero-order valence-corrected chi connectivity index (χ0v) is 7.99. The molecule has 0 aliphatic heterocycles. The summed E-state index contributed by atoms with van der Waals surface area (Å²) in [6, 6.07) is 2.96. The van der Waals surface area contributed by atoms with E-state index < -0.39 is 29.7 Å². The summed E-state index contributed by atoms with van der Waals surface area (Å²) in [6.45, 7) is 0. The Morgan fingerprint density at radius 1 is 1.47 bits per heavy atom. The van der Waals surface area contributed by atoms with Gasteiger partial charge < -0.3 is 9.84 Å². The van der Waals surface area contributed by atoms with Crippen molar-refractivity contribution >= 4 is 11.8 Å². The molecule has 0 fully saturated rings. The average Bonchev–Trinajstić information content (AvgIpc) is 2.17. The molecule has 0 heterocycles. The van der Waals surface area contributed by atoms with Crippen LogP contribution in [0.25, 0.3) is 0 Å². The molecule has 0 saturated carbocycles. The van der Waals surface area contributed by atoms with Crippen molar-refractivity contribution in [3.63, 3.8) is 0 Å². The van der Waals surface area contributed by atoms with E-state index in [1.54, 1.807) is 0 Å². The molecule has 1 N–H and O–H groups in total. The van der Waals surface area contributed by atoms with Gasteiger partial charge in [0.05, 0.1) is 12.7 Å². The number of carbonyl (C=O) groups is 2. The number of carbonyl (C=O) groups excluding carboxylic acids is 2. The summed E-state index contributed by atoms with van der Waals surface area (Å²) in [5.74, 6) is -2.45. The zero-order chi connectivity index (χ0) is 11.4. The lowest BCUT2D eigenvalue weighted by Gasteiger charge is -2.02. The van der Waals surface area contributed by atoms with Crippen molar-refractivity contribution in [1.29, 1.82) is 0 Å². The molecular formula is C10H9FO4.